The molecule has 0 unspecified atom stereocenters. The highest BCUT2D eigenvalue weighted by molar-refractivity contribution is 9.10. The van der Waals surface area contributed by atoms with Crippen molar-refractivity contribution in [3.8, 4) is 5.75 Å². The van der Waals surface area contributed by atoms with Gasteiger partial charge in [0.2, 0.25) is 0 Å². The van der Waals surface area contributed by atoms with Gasteiger partial charge in [-0.25, -0.2) is 0 Å². The number of aryl methyl sites for hydroxylation is 1. The number of benzene rings is 2. The fourth-order valence-corrected chi connectivity index (χ4v) is 3.76. The second-order valence-electron chi connectivity index (χ2n) is 7.10. The van der Waals surface area contributed by atoms with Crippen molar-refractivity contribution in [3.05, 3.63) is 63.6 Å². The molecule has 148 valence electrons. The van der Waals surface area contributed by atoms with Crippen LogP contribution in [0.25, 0.3) is 0 Å². The standard InChI is InChI=1S/C22H25BrN2O3/c1-15-6-5-9-20(16(15)2)28-14-21(26)25-12-10-17(11-13-25)24-22(27)18-7-3-4-8-19(18)23/h3-9,17H,10-14H2,1-2H3,(H,24,27). The molecule has 0 spiro atoms. The number of rotatable bonds is 5. The van der Waals surface area contributed by atoms with Crippen LogP contribution in [-0.4, -0.2) is 42.5 Å². The molecule has 6 heteroatoms. The smallest absolute Gasteiger partial charge is 0.260 e. The number of likely N-dealkylation sites (tertiary alicyclic amines) is 1. The molecule has 0 aliphatic carbocycles. The Bertz CT molecular complexity index is 861. The van der Waals surface area contributed by atoms with E-state index in [1.54, 1.807) is 6.07 Å². The topological polar surface area (TPSA) is 58.6 Å². The van der Waals surface area contributed by atoms with Crippen molar-refractivity contribution in [3.63, 3.8) is 0 Å². The highest BCUT2D eigenvalue weighted by Crippen LogP contribution is 2.21. The van der Waals surface area contributed by atoms with Crippen molar-refractivity contribution < 1.29 is 14.3 Å². The average Bonchev–Trinajstić information content (AvgIpc) is 2.69. The summed E-state index contributed by atoms with van der Waals surface area (Å²) in [4.78, 5) is 26.7. The number of carbonyl (C=O) groups excluding carboxylic acids is 2. The summed E-state index contributed by atoms with van der Waals surface area (Å²) in [5.74, 6) is 0.649. The van der Waals surface area contributed by atoms with E-state index in [-0.39, 0.29) is 24.5 Å². The molecule has 2 amide bonds. The number of ether oxygens (including phenoxy) is 1. The van der Waals surface area contributed by atoms with Gasteiger partial charge in [-0.05, 0) is 71.9 Å². The molecule has 28 heavy (non-hydrogen) atoms. The van der Waals surface area contributed by atoms with Crippen LogP contribution in [0.4, 0.5) is 0 Å². The molecule has 1 saturated heterocycles. The largest absolute Gasteiger partial charge is 0.483 e. The minimum atomic E-state index is -0.0875. The van der Waals surface area contributed by atoms with Gasteiger partial charge in [-0.15, -0.1) is 0 Å². The first-order valence-corrected chi connectivity index (χ1v) is 10.3. The van der Waals surface area contributed by atoms with E-state index in [1.807, 2.05) is 55.1 Å². The lowest BCUT2D eigenvalue weighted by molar-refractivity contribution is -0.134. The van der Waals surface area contributed by atoms with Gasteiger partial charge in [0.25, 0.3) is 11.8 Å². The maximum atomic E-state index is 12.5. The highest BCUT2D eigenvalue weighted by atomic mass is 79.9. The van der Waals surface area contributed by atoms with Crippen LogP contribution in [-0.2, 0) is 4.79 Å². The summed E-state index contributed by atoms with van der Waals surface area (Å²) >= 11 is 3.41. The average molecular weight is 445 g/mol. The van der Waals surface area contributed by atoms with Gasteiger partial charge in [0.15, 0.2) is 6.61 Å². The van der Waals surface area contributed by atoms with Gasteiger partial charge < -0.3 is 15.0 Å². The van der Waals surface area contributed by atoms with E-state index < -0.39 is 0 Å². The van der Waals surface area contributed by atoms with Gasteiger partial charge >= 0.3 is 0 Å². The molecular formula is C22H25BrN2O3. The first-order valence-electron chi connectivity index (χ1n) is 9.48. The van der Waals surface area contributed by atoms with Crippen molar-refractivity contribution in [2.24, 2.45) is 0 Å². The number of nitrogens with one attached hydrogen (secondary N) is 1. The Kier molecular flexibility index (Phi) is 6.73. The van der Waals surface area contributed by atoms with Crippen molar-refractivity contribution in [2.45, 2.75) is 32.7 Å². The zero-order chi connectivity index (χ0) is 20.1. The Morgan fingerprint density at radius 1 is 1.11 bits per heavy atom. The minimum absolute atomic E-state index is 0.0171. The van der Waals surface area contributed by atoms with Crippen LogP contribution >= 0.6 is 15.9 Å². The summed E-state index contributed by atoms with van der Waals surface area (Å²) < 4.78 is 6.51. The lowest BCUT2D eigenvalue weighted by atomic mass is 10.0. The van der Waals surface area contributed by atoms with Gasteiger partial charge in [-0.2, -0.15) is 0 Å². The summed E-state index contributed by atoms with van der Waals surface area (Å²) in [5, 5.41) is 3.07. The monoisotopic (exact) mass is 444 g/mol. The quantitative estimate of drug-likeness (QED) is 0.761. The third-order valence-corrected chi connectivity index (χ3v) is 5.90. The second kappa shape index (κ2) is 9.24. The van der Waals surface area contributed by atoms with E-state index in [1.165, 1.54) is 0 Å². The molecule has 0 saturated carbocycles. The molecule has 1 fully saturated rings. The van der Waals surface area contributed by atoms with Crippen LogP contribution in [0.2, 0.25) is 0 Å². The molecule has 1 aliphatic rings. The van der Waals surface area contributed by atoms with Crippen LogP contribution in [0.1, 0.15) is 34.3 Å². The lowest BCUT2D eigenvalue weighted by Crippen LogP contribution is -2.47. The third kappa shape index (κ3) is 4.93. The highest BCUT2D eigenvalue weighted by Gasteiger charge is 2.25. The van der Waals surface area contributed by atoms with Crippen molar-refractivity contribution in [1.29, 1.82) is 0 Å². The van der Waals surface area contributed by atoms with Crippen LogP contribution in [0.3, 0.4) is 0 Å². The number of hydrogen-bond donors (Lipinski definition) is 1. The Balaban J connectivity index is 1.47. The van der Waals surface area contributed by atoms with Crippen LogP contribution in [0.15, 0.2) is 46.9 Å². The summed E-state index contributed by atoms with van der Waals surface area (Å²) in [6.45, 7) is 5.30. The number of halogens is 1. The Morgan fingerprint density at radius 2 is 1.82 bits per heavy atom. The van der Waals surface area contributed by atoms with Gasteiger partial charge in [0.1, 0.15) is 5.75 Å². The first-order chi connectivity index (χ1) is 13.5. The van der Waals surface area contributed by atoms with Gasteiger partial charge in [-0.1, -0.05) is 24.3 Å². The second-order valence-corrected chi connectivity index (χ2v) is 7.95. The van der Waals surface area contributed by atoms with E-state index >= 15 is 0 Å². The first kappa shape index (κ1) is 20.4. The van der Waals surface area contributed by atoms with Crippen molar-refractivity contribution >= 4 is 27.7 Å². The zero-order valence-corrected chi connectivity index (χ0v) is 17.8. The Morgan fingerprint density at radius 3 is 2.54 bits per heavy atom. The van der Waals surface area contributed by atoms with Crippen LogP contribution < -0.4 is 10.1 Å². The molecule has 5 nitrogen and oxygen atoms in total. The maximum Gasteiger partial charge on any atom is 0.260 e. The molecule has 0 aromatic heterocycles. The molecule has 2 aromatic carbocycles. The van der Waals surface area contributed by atoms with E-state index in [4.69, 9.17) is 4.74 Å². The molecule has 0 bridgehead atoms. The molecule has 1 heterocycles. The SMILES string of the molecule is Cc1cccc(OCC(=O)N2CCC(NC(=O)c3ccccc3Br)CC2)c1C. The summed E-state index contributed by atoms with van der Waals surface area (Å²) in [6, 6.07) is 13.3. The van der Waals surface area contributed by atoms with Crippen molar-refractivity contribution in [1.82, 2.24) is 10.2 Å². The molecule has 1 aliphatic heterocycles. The number of hydrogen-bond acceptors (Lipinski definition) is 3. The van der Waals surface area contributed by atoms with E-state index in [0.717, 1.165) is 34.2 Å². The molecule has 0 radical (unpaired) electrons. The Labute approximate surface area is 174 Å². The third-order valence-electron chi connectivity index (χ3n) is 5.21. The molecule has 2 aromatic rings. The predicted octanol–water partition coefficient (Wildman–Crippen LogP) is 3.87. The van der Waals surface area contributed by atoms with Gasteiger partial charge in [0.05, 0.1) is 5.56 Å². The van der Waals surface area contributed by atoms with Gasteiger partial charge in [0, 0.05) is 23.6 Å². The maximum absolute atomic E-state index is 12.5. The predicted molar refractivity (Wildman–Crippen MR) is 113 cm³/mol. The van der Waals surface area contributed by atoms with Crippen molar-refractivity contribution in [2.75, 3.05) is 19.7 Å². The minimum Gasteiger partial charge on any atom is -0.483 e. The number of amides is 2. The Hall–Kier alpha value is -2.34. The number of nitrogens with zero attached hydrogens (tertiary/aromatic N) is 1. The van der Waals surface area contributed by atoms with Crippen LogP contribution in [0.5, 0.6) is 5.75 Å². The van der Waals surface area contributed by atoms with E-state index in [9.17, 15) is 9.59 Å². The summed E-state index contributed by atoms with van der Waals surface area (Å²) in [5.41, 5.74) is 2.83. The molecule has 1 N–H and O–H groups in total. The number of carbonyl (C=O) groups is 2. The summed E-state index contributed by atoms with van der Waals surface area (Å²) in [7, 11) is 0. The molecular weight excluding hydrogens is 420 g/mol. The zero-order valence-electron chi connectivity index (χ0n) is 16.2. The van der Waals surface area contributed by atoms with E-state index in [2.05, 4.69) is 21.2 Å². The van der Waals surface area contributed by atoms with E-state index in [0.29, 0.717) is 18.7 Å². The molecule has 0 atom stereocenters. The fourth-order valence-electron chi connectivity index (χ4n) is 3.29. The molecule has 3 rings (SSSR count). The normalized spacial score (nSPS) is 14.6. The fraction of sp³-hybridized carbons (Fsp3) is 0.364. The summed E-state index contributed by atoms with van der Waals surface area (Å²) in [6.07, 6.45) is 1.48. The lowest BCUT2D eigenvalue weighted by Gasteiger charge is -2.32. The van der Waals surface area contributed by atoms with Gasteiger partial charge in [-0.3, -0.25) is 9.59 Å². The van der Waals surface area contributed by atoms with Crippen LogP contribution in [0, 0.1) is 13.8 Å². The number of piperidine rings is 1.